The fourth-order valence-electron chi connectivity index (χ4n) is 11.6. The summed E-state index contributed by atoms with van der Waals surface area (Å²) in [7, 11) is -2.53. The van der Waals surface area contributed by atoms with Gasteiger partial charge in [0.25, 0.3) is 0 Å². The third kappa shape index (κ3) is 2.82. The Kier molecular flexibility index (Phi) is 4.50. The van der Waals surface area contributed by atoms with E-state index in [0.29, 0.717) is 0 Å². The Hall–Kier alpha value is -7.21. The number of benzene rings is 10. The lowest BCUT2D eigenvalue weighted by atomic mass is 10.00. The lowest BCUT2D eigenvalue weighted by Crippen LogP contribution is -2.34. The summed E-state index contributed by atoms with van der Waals surface area (Å²) in [5.41, 5.74) is 10.3. The molecule has 0 radical (unpaired) electrons. The smallest absolute Gasteiger partial charge is 0.102 e. The van der Waals surface area contributed by atoms with Gasteiger partial charge in [-0.25, -0.2) is 0 Å². The van der Waals surface area contributed by atoms with Crippen molar-refractivity contribution < 1.29 is 0 Å². The molecule has 4 nitrogen and oxygen atoms in total. The average Bonchev–Trinajstić information content (AvgIpc) is 4.01. The molecule has 0 fully saturated rings. The van der Waals surface area contributed by atoms with Gasteiger partial charge in [-0.1, -0.05) is 146 Å². The van der Waals surface area contributed by atoms with Crippen molar-refractivity contribution in [2.45, 2.75) is 0 Å². The van der Waals surface area contributed by atoms with Crippen LogP contribution >= 0.6 is 10.8 Å². The van der Waals surface area contributed by atoms with E-state index in [2.05, 4.69) is 186 Å². The lowest BCUT2D eigenvalue weighted by molar-refractivity contribution is 1.09. The molecule has 6 heterocycles. The van der Waals surface area contributed by atoms with E-state index in [1.54, 1.807) is 0 Å². The molecule has 0 N–H and O–H groups in total. The van der Waals surface area contributed by atoms with Gasteiger partial charge in [0.1, 0.15) is 10.8 Å². The second kappa shape index (κ2) is 9.08. The summed E-state index contributed by atoms with van der Waals surface area (Å²) < 4.78 is 11.4. The van der Waals surface area contributed by atoms with Crippen LogP contribution in [0.5, 0.6) is 0 Å². The van der Waals surface area contributed by atoms with E-state index in [0.717, 1.165) is 0 Å². The predicted octanol–water partition coefficient (Wildman–Crippen LogP) is 14.3. The number of nitrogens with zero attached hydrogens (tertiary/aromatic N) is 4. The maximum atomic E-state index is 2.85. The standard InChI is InChI=1S/C52H28N4S/c1-3-11-33-29(9-1)21-27-43-47(33)39-25-19-31-17-23-37-35-13-5-7-15-41(35)53-49(37)45(31)51(39)55(43)57(53)54-42-16-8-6-14-36(42)38-24-18-32-20-26-40-48-34-12-4-2-10-30(34)22-28-44(48)56(57)52(40)46(32)50(38)54/h1-28H. The fourth-order valence-corrected chi connectivity index (χ4v) is 16.0. The molecular formula is C52H28N4S. The van der Waals surface area contributed by atoms with E-state index in [1.807, 2.05) is 0 Å². The van der Waals surface area contributed by atoms with Crippen molar-refractivity contribution in [1.29, 1.82) is 0 Å². The summed E-state index contributed by atoms with van der Waals surface area (Å²) in [4.78, 5) is 0. The van der Waals surface area contributed by atoms with Crippen molar-refractivity contribution in [3.8, 4) is 0 Å². The zero-order valence-corrected chi connectivity index (χ0v) is 31.2. The summed E-state index contributed by atoms with van der Waals surface area (Å²) in [5.74, 6) is 0. The summed E-state index contributed by atoms with van der Waals surface area (Å²) in [6.07, 6.45) is 0. The number of aromatic nitrogens is 4. The number of para-hydroxylation sites is 2. The molecule has 262 valence electrons. The molecule has 14 aromatic rings. The van der Waals surface area contributed by atoms with Gasteiger partial charge in [-0.2, -0.15) is 0 Å². The quantitative estimate of drug-likeness (QED) is 0.148. The van der Waals surface area contributed by atoms with Crippen LogP contribution in [0.3, 0.4) is 0 Å². The summed E-state index contributed by atoms with van der Waals surface area (Å²) in [6, 6.07) is 64.9. The van der Waals surface area contributed by atoms with Gasteiger partial charge in [0, 0.05) is 53.9 Å². The van der Waals surface area contributed by atoms with Gasteiger partial charge in [0.05, 0.1) is 44.1 Å². The van der Waals surface area contributed by atoms with Crippen LogP contribution in [0, 0.1) is 0 Å². The highest BCUT2D eigenvalue weighted by molar-refractivity contribution is 8.29. The minimum atomic E-state index is -2.53. The van der Waals surface area contributed by atoms with Gasteiger partial charge in [-0.05, 0) is 56.6 Å². The largest absolute Gasteiger partial charge is 0.253 e. The van der Waals surface area contributed by atoms with Crippen molar-refractivity contribution in [1.82, 2.24) is 15.9 Å². The van der Waals surface area contributed by atoms with Crippen molar-refractivity contribution in [3.63, 3.8) is 0 Å². The van der Waals surface area contributed by atoms with E-state index >= 15 is 0 Å². The van der Waals surface area contributed by atoms with Crippen LogP contribution < -0.4 is 0 Å². The van der Waals surface area contributed by atoms with E-state index < -0.39 is 10.8 Å². The molecule has 0 atom stereocenters. The van der Waals surface area contributed by atoms with Crippen LogP contribution in [0.15, 0.2) is 170 Å². The van der Waals surface area contributed by atoms with Crippen LogP contribution in [0.2, 0.25) is 0 Å². The molecule has 4 aromatic heterocycles. The molecule has 2 aliphatic heterocycles. The van der Waals surface area contributed by atoms with Gasteiger partial charge in [-0.3, -0.25) is 15.9 Å². The Bertz CT molecular complexity index is 4010. The Morgan fingerprint density at radius 3 is 1.05 bits per heavy atom. The van der Waals surface area contributed by atoms with Gasteiger partial charge in [0.2, 0.25) is 0 Å². The first kappa shape index (κ1) is 28.2. The second-order valence-electron chi connectivity index (χ2n) is 16.1. The van der Waals surface area contributed by atoms with Crippen molar-refractivity contribution in [2.75, 3.05) is 0 Å². The van der Waals surface area contributed by atoms with Crippen molar-refractivity contribution in [2.24, 2.45) is 0 Å². The van der Waals surface area contributed by atoms with Gasteiger partial charge >= 0.3 is 0 Å². The van der Waals surface area contributed by atoms with Crippen LogP contribution in [-0.2, 0) is 0 Å². The normalized spacial score (nSPS) is 15.0. The SMILES string of the molecule is c1ccc2c(c1)ccc1c2c2ccc3ccc4c5ccccc5n5c4c3c2n1S51n2c3ccccc3c3ccc4ccc5c6c7ccccc7ccc6n1c5c4c32. The minimum Gasteiger partial charge on any atom is -0.253 e. The van der Waals surface area contributed by atoms with E-state index in [1.165, 1.54) is 130 Å². The molecule has 0 bridgehead atoms. The van der Waals surface area contributed by atoms with Crippen LogP contribution in [0.25, 0.3) is 130 Å². The van der Waals surface area contributed by atoms with Gasteiger partial charge < -0.3 is 0 Å². The molecule has 0 aliphatic carbocycles. The van der Waals surface area contributed by atoms with E-state index in [4.69, 9.17) is 0 Å². The Labute approximate surface area is 325 Å². The predicted molar refractivity (Wildman–Crippen MR) is 244 cm³/mol. The Morgan fingerprint density at radius 2 is 0.579 bits per heavy atom. The average molecular weight is 741 g/mol. The molecular weight excluding hydrogens is 713 g/mol. The van der Waals surface area contributed by atoms with Crippen molar-refractivity contribution >= 4 is 141 Å². The molecule has 10 aromatic carbocycles. The zero-order chi connectivity index (χ0) is 36.5. The lowest BCUT2D eigenvalue weighted by Gasteiger charge is -2.50. The maximum absolute atomic E-state index is 2.85. The van der Waals surface area contributed by atoms with E-state index in [9.17, 15) is 0 Å². The zero-order valence-electron chi connectivity index (χ0n) is 30.4. The first-order valence-corrected chi connectivity index (χ1v) is 21.3. The monoisotopic (exact) mass is 740 g/mol. The molecule has 16 rings (SSSR count). The molecule has 2 aliphatic rings. The highest BCUT2D eigenvalue weighted by Crippen LogP contribution is 2.70. The summed E-state index contributed by atoms with van der Waals surface area (Å²) in [5, 5.41) is 20.8. The van der Waals surface area contributed by atoms with Crippen LogP contribution in [0.1, 0.15) is 0 Å². The molecule has 0 amide bonds. The van der Waals surface area contributed by atoms with E-state index in [-0.39, 0.29) is 0 Å². The fraction of sp³-hybridized carbons (Fsp3) is 0. The highest BCUT2D eigenvalue weighted by Gasteiger charge is 2.48. The number of hydrogen-bond donors (Lipinski definition) is 0. The van der Waals surface area contributed by atoms with Crippen molar-refractivity contribution in [3.05, 3.63) is 170 Å². The minimum absolute atomic E-state index is 1.26. The van der Waals surface area contributed by atoms with Gasteiger partial charge in [-0.15, -0.1) is 0 Å². The highest BCUT2D eigenvalue weighted by atomic mass is 32.3. The molecule has 0 saturated heterocycles. The third-order valence-electron chi connectivity index (χ3n) is 13.7. The molecule has 0 saturated carbocycles. The second-order valence-corrected chi connectivity index (χ2v) is 18.5. The molecule has 1 spiro atoms. The third-order valence-corrected chi connectivity index (χ3v) is 17.1. The number of hydrogen-bond acceptors (Lipinski definition) is 0. The topological polar surface area (TPSA) is 19.7 Å². The Balaban J connectivity index is 1.33. The maximum Gasteiger partial charge on any atom is 0.102 e. The number of fused-ring (bicyclic) bond motifs is 20. The molecule has 5 heteroatoms. The van der Waals surface area contributed by atoms with Crippen LogP contribution in [-0.4, -0.2) is 15.9 Å². The Morgan fingerprint density at radius 1 is 0.228 bits per heavy atom. The first-order chi connectivity index (χ1) is 28.3. The molecule has 57 heavy (non-hydrogen) atoms. The van der Waals surface area contributed by atoms with Gasteiger partial charge in [0.15, 0.2) is 0 Å². The first-order valence-electron chi connectivity index (χ1n) is 19.8. The van der Waals surface area contributed by atoms with Crippen LogP contribution in [0.4, 0.5) is 0 Å². The number of rotatable bonds is 0. The molecule has 0 unspecified atom stereocenters. The summed E-state index contributed by atoms with van der Waals surface area (Å²) in [6.45, 7) is 0. The summed E-state index contributed by atoms with van der Waals surface area (Å²) >= 11 is 0.